The van der Waals surface area contributed by atoms with Crippen LogP contribution in [0.15, 0.2) is 6.07 Å². The van der Waals surface area contributed by atoms with Gasteiger partial charge in [-0.05, 0) is 125 Å². The van der Waals surface area contributed by atoms with Crippen LogP contribution in [0, 0.1) is 26.6 Å². The SMILES string of the molecule is Cc1c(-c2c(C)c3c(c(C)c2[C@H](OC(C)(C)C)C(=O)O)CCN(C2CCCCC2)CC3)cc(F)c2c1CCCO2. The number of hydrogen-bond donors (Lipinski definition) is 1. The normalized spacial score (nSPS) is 19.4. The fraction of sp³-hybridized carbons (Fsp3) is 0.618. The molecule has 40 heavy (non-hydrogen) atoms. The van der Waals surface area contributed by atoms with E-state index in [1.54, 1.807) is 6.07 Å². The van der Waals surface area contributed by atoms with Gasteiger partial charge in [0.25, 0.3) is 0 Å². The van der Waals surface area contributed by atoms with E-state index >= 15 is 4.39 Å². The van der Waals surface area contributed by atoms with E-state index < -0.39 is 17.7 Å². The number of carbonyl (C=O) groups is 1. The molecule has 6 heteroatoms. The molecule has 5 nitrogen and oxygen atoms in total. The fourth-order valence-electron chi connectivity index (χ4n) is 7.45. The highest BCUT2D eigenvalue weighted by molar-refractivity contribution is 5.85. The Morgan fingerprint density at radius 3 is 2.25 bits per heavy atom. The molecule has 2 heterocycles. The van der Waals surface area contributed by atoms with Gasteiger partial charge in [0.15, 0.2) is 17.7 Å². The van der Waals surface area contributed by atoms with Crippen molar-refractivity contribution in [3.63, 3.8) is 0 Å². The number of aliphatic carboxylic acids is 1. The molecular formula is C34H46FNO4. The first-order chi connectivity index (χ1) is 19.0. The standard InChI is InChI=1S/C34H46FNO4/c1-20-26-13-10-18-39-31(26)28(35)19-27(20)29-21(2)24-14-16-36(23-11-8-7-9-12-23)17-15-25(24)22(3)30(29)32(33(37)38)40-34(4,5)6/h19,23,32H,7-18H2,1-6H3,(H,37,38)/t32-/m0/s1. The van der Waals surface area contributed by atoms with Crippen molar-refractivity contribution in [3.05, 3.63) is 50.8 Å². The van der Waals surface area contributed by atoms with Crippen LogP contribution < -0.4 is 4.74 Å². The molecule has 218 valence electrons. The third-order valence-corrected chi connectivity index (χ3v) is 9.37. The third-order valence-electron chi connectivity index (χ3n) is 9.37. The molecule has 2 aliphatic heterocycles. The van der Waals surface area contributed by atoms with Crippen molar-refractivity contribution < 1.29 is 23.8 Å². The lowest BCUT2D eigenvalue weighted by atomic mass is 9.79. The Hall–Kier alpha value is -2.44. The van der Waals surface area contributed by atoms with E-state index in [2.05, 4.69) is 18.7 Å². The molecule has 5 rings (SSSR count). The Morgan fingerprint density at radius 2 is 1.62 bits per heavy atom. The molecule has 1 atom stereocenters. The summed E-state index contributed by atoms with van der Waals surface area (Å²) in [6.07, 6.45) is 8.71. The average molecular weight is 552 g/mol. The zero-order valence-corrected chi connectivity index (χ0v) is 25.2. The second kappa shape index (κ2) is 11.4. The number of carboxylic acids is 1. The van der Waals surface area contributed by atoms with Crippen molar-refractivity contribution in [3.8, 4) is 16.9 Å². The molecule has 0 saturated heterocycles. The van der Waals surface area contributed by atoms with Gasteiger partial charge in [-0.2, -0.15) is 0 Å². The summed E-state index contributed by atoms with van der Waals surface area (Å²) in [5.41, 5.74) is 8.03. The summed E-state index contributed by atoms with van der Waals surface area (Å²) < 4.78 is 27.6. The van der Waals surface area contributed by atoms with Crippen molar-refractivity contribution in [2.45, 2.75) is 117 Å². The van der Waals surface area contributed by atoms with E-state index in [0.29, 0.717) is 24.0 Å². The second-order valence-corrected chi connectivity index (χ2v) is 13.1. The van der Waals surface area contributed by atoms with E-state index in [9.17, 15) is 9.90 Å². The Morgan fingerprint density at radius 1 is 0.975 bits per heavy atom. The first-order valence-electron chi connectivity index (χ1n) is 15.2. The average Bonchev–Trinajstić information content (AvgIpc) is 3.15. The summed E-state index contributed by atoms with van der Waals surface area (Å²) in [6, 6.07) is 2.20. The summed E-state index contributed by atoms with van der Waals surface area (Å²) in [5, 5.41) is 10.5. The van der Waals surface area contributed by atoms with Crippen molar-refractivity contribution in [1.29, 1.82) is 0 Å². The van der Waals surface area contributed by atoms with Crippen molar-refractivity contribution >= 4 is 5.97 Å². The Balaban J connectivity index is 1.72. The summed E-state index contributed by atoms with van der Waals surface area (Å²) in [7, 11) is 0. The van der Waals surface area contributed by atoms with Crippen LogP contribution in [0.5, 0.6) is 5.75 Å². The molecular weight excluding hydrogens is 505 g/mol. The predicted octanol–water partition coefficient (Wildman–Crippen LogP) is 7.42. The Bertz CT molecular complexity index is 1290. The van der Waals surface area contributed by atoms with E-state index in [1.165, 1.54) is 43.2 Å². The topological polar surface area (TPSA) is 59.0 Å². The molecule has 0 spiro atoms. The van der Waals surface area contributed by atoms with Gasteiger partial charge in [0.1, 0.15) is 0 Å². The van der Waals surface area contributed by atoms with Crippen LogP contribution in [0.25, 0.3) is 11.1 Å². The fourth-order valence-corrected chi connectivity index (χ4v) is 7.45. The highest BCUT2D eigenvalue weighted by Gasteiger charge is 2.36. The minimum atomic E-state index is -1.16. The molecule has 1 aliphatic carbocycles. The van der Waals surface area contributed by atoms with Gasteiger partial charge in [-0.1, -0.05) is 19.3 Å². The maximum atomic E-state index is 15.6. The number of hydrogen-bond acceptors (Lipinski definition) is 4. The molecule has 1 fully saturated rings. The molecule has 0 amide bonds. The molecule has 2 aromatic rings. The highest BCUT2D eigenvalue weighted by atomic mass is 19.1. The van der Waals surface area contributed by atoms with Crippen LogP contribution in [0.3, 0.4) is 0 Å². The van der Waals surface area contributed by atoms with Gasteiger partial charge in [-0.3, -0.25) is 4.90 Å². The molecule has 3 aliphatic rings. The van der Waals surface area contributed by atoms with Gasteiger partial charge in [-0.25, -0.2) is 9.18 Å². The summed E-state index contributed by atoms with van der Waals surface area (Å²) in [5.74, 6) is -1.04. The Kier molecular flexibility index (Phi) is 8.32. The first kappa shape index (κ1) is 29.1. The number of carboxylic acid groups (broad SMARTS) is 1. The number of benzene rings is 2. The quantitative estimate of drug-likeness (QED) is 0.419. The van der Waals surface area contributed by atoms with Gasteiger partial charge in [0.2, 0.25) is 0 Å². The minimum absolute atomic E-state index is 0.349. The zero-order valence-electron chi connectivity index (χ0n) is 25.2. The Labute approximate surface area is 239 Å². The maximum absolute atomic E-state index is 15.6. The lowest BCUT2D eigenvalue weighted by molar-refractivity contribution is -0.160. The number of fused-ring (bicyclic) bond motifs is 2. The van der Waals surface area contributed by atoms with Crippen molar-refractivity contribution in [2.75, 3.05) is 19.7 Å². The summed E-state index contributed by atoms with van der Waals surface area (Å²) >= 11 is 0. The van der Waals surface area contributed by atoms with Gasteiger partial charge in [0, 0.05) is 30.3 Å². The van der Waals surface area contributed by atoms with E-state index in [-0.39, 0.29) is 5.82 Å². The monoisotopic (exact) mass is 551 g/mol. The molecule has 0 unspecified atom stereocenters. The smallest absolute Gasteiger partial charge is 0.337 e. The van der Waals surface area contributed by atoms with Gasteiger partial charge in [-0.15, -0.1) is 0 Å². The molecule has 0 aromatic heterocycles. The van der Waals surface area contributed by atoms with Gasteiger partial charge < -0.3 is 14.6 Å². The summed E-state index contributed by atoms with van der Waals surface area (Å²) in [4.78, 5) is 15.5. The van der Waals surface area contributed by atoms with Crippen LogP contribution in [-0.4, -0.2) is 47.3 Å². The maximum Gasteiger partial charge on any atom is 0.337 e. The molecule has 1 saturated carbocycles. The molecule has 0 radical (unpaired) electrons. The largest absolute Gasteiger partial charge is 0.490 e. The first-order valence-corrected chi connectivity index (χ1v) is 15.2. The third kappa shape index (κ3) is 5.54. The zero-order chi connectivity index (χ0) is 28.8. The predicted molar refractivity (Wildman–Crippen MR) is 157 cm³/mol. The number of halogens is 1. The van der Waals surface area contributed by atoms with E-state index in [1.807, 2.05) is 27.7 Å². The van der Waals surface area contributed by atoms with E-state index in [4.69, 9.17) is 9.47 Å². The summed E-state index contributed by atoms with van der Waals surface area (Å²) in [6.45, 7) is 14.4. The van der Waals surface area contributed by atoms with Crippen LogP contribution in [-0.2, 0) is 28.8 Å². The lowest BCUT2D eigenvalue weighted by Gasteiger charge is -2.33. The minimum Gasteiger partial charge on any atom is -0.490 e. The van der Waals surface area contributed by atoms with Crippen LogP contribution in [0.4, 0.5) is 4.39 Å². The van der Waals surface area contributed by atoms with E-state index in [0.717, 1.165) is 72.2 Å². The lowest BCUT2D eigenvalue weighted by Crippen LogP contribution is -2.38. The van der Waals surface area contributed by atoms with Gasteiger partial charge in [0.05, 0.1) is 12.2 Å². The number of nitrogens with zero attached hydrogens (tertiary/aromatic N) is 1. The number of ether oxygens (including phenoxy) is 2. The number of rotatable bonds is 5. The van der Waals surface area contributed by atoms with Gasteiger partial charge >= 0.3 is 5.97 Å². The van der Waals surface area contributed by atoms with Crippen molar-refractivity contribution in [2.24, 2.45) is 0 Å². The van der Waals surface area contributed by atoms with Crippen LogP contribution >= 0.6 is 0 Å². The molecule has 0 bridgehead atoms. The van der Waals surface area contributed by atoms with Crippen molar-refractivity contribution in [1.82, 2.24) is 4.90 Å². The molecule has 1 N–H and O–H groups in total. The second-order valence-electron chi connectivity index (χ2n) is 13.1. The molecule has 2 aromatic carbocycles. The highest BCUT2D eigenvalue weighted by Crippen LogP contribution is 2.46. The van der Waals surface area contributed by atoms with Crippen LogP contribution in [0.1, 0.15) is 104 Å². The van der Waals surface area contributed by atoms with Crippen LogP contribution in [0.2, 0.25) is 0 Å².